The van der Waals surface area contributed by atoms with E-state index in [1.165, 1.54) is 5.56 Å². The van der Waals surface area contributed by atoms with Crippen LogP contribution in [-0.2, 0) is 19.4 Å². The lowest BCUT2D eigenvalue weighted by molar-refractivity contribution is 0.0991. The average Bonchev–Trinajstić information content (AvgIpc) is 3.18. The highest BCUT2D eigenvalue weighted by Crippen LogP contribution is 2.28. The third-order valence-corrected chi connectivity index (χ3v) is 4.71. The van der Waals surface area contributed by atoms with Gasteiger partial charge in [0.25, 0.3) is 0 Å². The molecule has 0 atom stereocenters. The lowest BCUT2D eigenvalue weighted by atomic mass is 10.1. The van der Waals surface area contributed by atoms with Crippen LogP contribution in [-0.4, -0.2) is 29.6 Å². The summed E-state index contributed by atoms with van der Waals surface area (Å²) in [5.74, 6) is 1.17. The molecule has 0 aliphatic heterocycles. The van der Waals surface area contributed by atoms with Crippen LogP contribution in [0.25, 0.3) is 0 Å². The molecule has 5 heteroatoms. The first kappa shape index (κ1) is 19.7. The van der Waals surface area contributed by atoms with E-state index in [9.17, 15) is 4.79 Å². The number of carbonyl (C=O) groups excluding carboxylic acids is 1. The second-order valence-electron chi connectivity index (χ2n) is 6.72. The molecule has 0 spiro atoms. The zero-order valence-corrected chi connectivity index (χ0v) is 16.4. The number of unbranched alkanes of at least 4 members (excludes halogenated alkanes) is 1. The number of methoxy groups -OCH3 is 2. The molecule has 0 saturated carbocycles. The van der Waals surface area contributed by atoms with Crippen molar-refractivity contribution < 1.29 is 14.3 Å². The van der Waals surface area contributed by atoms with Crippen LogP contribution in [0.5, 0.6) is 11.5 Å². The molecule has 2 aromatic carbocycles. The molecule has 0 N–H and O–H groups in total. The van der Waals surface area contributed by atoms with Gasteiger partial charge in [0.05, 0.1) is 32.7 Å². The lowest BCUT2D eigenvalue weighted by Crippen LogP contribution is -2.05. The Labute approximate surface area is 165 Å². The van der Waals surface area contributed by atoms with Gasteiger partial charge in [0.1, 0.15) is 0 Å². The van der Waals surface area contributed by atoms with Gasteiger partial charge in [0.2, 0.25) is 0 Å². The topological polar surface area (TPSA) is 53.4 Å². The molecule has 0 amide bonds. The quantitative estimate of drug-likeness (QED) is 0.389. The second kappa shape index (κ2) is 9.74. The van der Waals surface area contributed by atoms with Crippen molar-refractivity contribution >= 4 is 5.78 Å². The zero-order valence-electron chi connectivity index (χ0n) is 16.4. The summed E-state index contributed by atoms with van der Waals surface area (Å²) in [7, 11) is 3.14. The van der Waals surface area contributed by atoms with Crippen molar-refractivity contribution in [2.45, 2.75) is 32.2 Å². The molecule has 0 saturated heterocycles. The van der Waals surface area contributed by atoms with Gasteiger partial charge in [-0.3, -0.25) is 4.79 Å². The predicted octanol–water partition coefficient (Wildman–Crippen LogP) is 4.35. The average molecular weight is 378 g/mol. The van der Waals surface area contributed by atoms with E-state index < -0.39 is 0 Å². The molecule has 146 valence electrons. The Bertz CT molecular complexity index is 903. The third kappa shape index (κ3) is 5.22. The number of Topliss-reactive ketones (excluding diaryl/α,β-unsaturated/α-hetero) is 1. The van der Waals surface area contributed by atoms with Crippen molar-refractivity contribution in [3.63, 3.8) is 0 Å². The first-order valence-electron chi connectivity index (χ1n) is 9.49. The van der Waals surface area contributed by atoms with E-state index in [0.717, 1.165) is 31.5 Å². The maximum atomic E-state index is 12.6. The Morgan fingerprint density at radius 3 is 2.54 bits per heavy atom. The third-order valence-electron chi connectivity index (χ3n) is 4.71. The minimum absolute atomic E-state index is 0.00952. The van der Waals surface area contributed by atoms with Crippen LogP contribution in [0.3, 0.4) is 0 Å². The largest absolute Gasteiger partial charge is 0.493 e. The number of hydrogen-bond donors (Lipinski definition) is 0. The maximum Gasteiger partial charge on any atom is 0.169 e. The number of benzene rings is 2. The molecule has 0 aliphatic rings. The monoisotopic (exact) mass is 378 g/mol. The summed E-state index contributed by atoms with van der Waals surface area (Å²) in [5.41, 5.74) is 2.74. The van der Waals surface area contributed by atoms with Gasteiger partial charge >= 0.3 is 0 Å². The molecule has 28 heavy (non-hydrogen) atoms. The molecule has 1 heterocycles. The van der Waals surface area contributed by atoms with E-state index in [1.54, 1.807) is 38.7 Å². The van der Waals surface area contributed by atoms with Crippen LogP contribution in [0.1, 0.15) is 34.5 Å². The smallest absolute Gasteiger partial charge is 0.169 e. The number of aromatic nitrogens is 2. The molecule has 0 fully saturated rings. The fourth-order valence-corrected chi connectivity index (χ4v) is 3.16. The summed E-state index contributed by atoms with van der Waals surface area (Å²) in [6.07, 6.45) is 7.32. The van der Waals surface area contributed by atoms with Gasteiger partial charge < -0.3 is 14.0 Å². The molecule has 0 unspecified atom stereocenters. The molecule has 1 aromatic heterocycles. The van der Waals surface area contributed by atoms with Crippen LogP contribution in [0.2, 0.25) is 0 Å². The van der Waals surface area contributed by atoms with E-state index in [0.29, 0.717) is 17.1 Å². The Morgan fingerprint density at radius 2 is 1.79 bits per heavy atom. The molecule has 3 aromatic rings. The van der Waals surface area contributed by atoms with E-state index in [1.807, 2.05) is 12.3 Å². The summed E-state index contributed by atoms with van der Waals surface area (Å²) in [6, 6.07) is 15.7. The van der Waals surface area contributed by atoms with Gasteiger partial charge in [-0.15, -0.1) is 0 Å². The first-order valence-corrected chi connectivity index (χ1v) is 9.49. The molecule has 0 aliphatic carbocycles. The predicted molar refractivity (Wildman–Crippen MR) is 109 cm³/mol. The van der Waals surface area contributed by atoms with Crippen LogP contribution in [0.4, 0.5) is 0 Å². The number of carbonyl (C=O) groups is 1. The molecular formula is C23H26N2O3. The van der Waals surface area contributed by atoms with E-state index in [4.69, 9.17) is 9.47 Å². The minimum atomic E-state index is 0.00952. The van der Waals surface area contributed by atoms with E-state index in [-0.39, 0.29) is 12.2 Å². The number of ether oxygens (including phenoxy) is 2. The van der Waals surface area contributed by atoms with Crippen molar-refractivity contribution in [2.75, 3.05) is 14.2 Å². The van der Waals surface area contributed by atoms with Gasteiger partial charge in [0, 0.05) is 18.3 Å². The summed E-state index contributed by atoms with van der Waals surface area (Å²) in [6.45, 7) is 0.907. The highest BCUT2D eigenvalue weighted by molar-refractivity contribution is 5.97. The SMILES string of the molecule is COc1ccc(C(=O)Cc2cn(CCCCc3ccccc3)cn2)cc1OC. The zero-order chi connectivity index (χ0) is 19.8. The van der Waals surface area contributed by atoms with Crippen LogP contribution in [0.15, 0.2) is 61.1 Å². The van der Waals surface area contributed by atoms with Crippen LogP contribution in [0, 0.1) is 0 Å². The van der Waals surface area contributed by atoms with Crippen molar-refractivity contribution in [1.29, 1.82) is 0 Å². The van der Waals surface area contributed by atoms with E-state index in [2.05, 4.69) is 33.8 Å². The van der Waals surface area contributed by atoms with Crippen molar-refractivity contribution in [3.05, 3.63) is 77.9 Å². The Hall–Kier alpha value is -3.08. The van der Waals surface area contributed by atoms with E-state index >= 15 is 0 Å². The van der Waals surface area contributed by atoms with Gasteiger partial charge in [-0.25, -0.2) is 4.98 Å². The van der Waals surface area contributed by atoms with Crippen molar-refractivity contribution in [3.8, 4) is 11.5 Å². The Morgan fingerprint density at radius 1 is 1.00 bits per heavy atom. The molecule has 0 bridgehead atoms. The maximum absolute atomic E-state index is 12.6. The second-order valence-corrected chi connectivity index (χ2v) is 6.72. The number of hydrogen-bond acceptors (Lipinski definition) is 4. The standard InChI is InChI=1S/C23H26N2O3/c1-27-22-12-11-19(14-23(22)28-2)21(26)15-20-16-25(17-24-20)13-7-6-10-18-8-4-3-5-9-18/h3-5,8-9,11-12,14,16-17H,6-7,10,13,15H2,1-2H3. The summed E-state index contributed by atoms with van der Waals surface area (Å²) in [4.78, 5) is 16.9. The number of aryl methyl sites for hydroxylation is 2. The number of ketones is 1. The summed E-state index contributed by atoms with van der Waals surface area (Å²) >= 11 is 0. The fraction of sp³-hybridized carbons (Fsp3) is 0.304. The van der Waals surface area contributed by atoms with Gasteiger partial charge in [-0.2, -0.15) is 0 Å². The molecular weight excluding hydrogens is 352 g/mol. The number of rotatable bonds is 10. The van der Waals surface area contributed by atoms with Crippen molar-refractivity contribution in [1.82, 2.24) is 9.55 Å². The highest BCUT2D eigenvalue weighted by atomic mass is 16.5. The fourth-order valence-electron chi connectivity index (χ4n) is 3.16. The summed E-state index contributed by atoms with van der Waals surface area (Å²) in [5, 5.41) is 0. The lowest BCUT2D eigenvalue weighted by Gasteiger charge is -2.08. The first-order chi connectivity index (χ1) is 13.7. The van der Waals surface area contributed by atoms with Gasteiger partial charge in [-0.05, 0) is 43.0 Å². The van der Waals surface area contributed by atoms with Crippen LogP contribution < -0.4 is 9.47 Å². The number of imidazole rings is 1. The molecule has 3 rings (SSSR count). The highest BCUT2D eigenvalue weighted by Gasteiger charge is 2.13. The Kier molecular flexibility index (Phi) is 6.84. The van der Waals surface area contributed by atoms with Crippen molar-refractivity contribution in [2.24, 2.45) is 0 Å². The van der Waals surface area contributed by atoms with Gasteiger partial charge in [0.15, 0.2) is 17.3 Å². The Balaban J connectivity index is 1.50. The van der Waals surface area contributed by atoms with Gasteiger partial charge in [-0.1, -0.05) is 30.3 Å². The minimum Gasteiger partial charge on any atom is -0.493 e. The molecule has 5 nitrogen and oxygen atoms in total. The molecule has 0 radical (unpaired) electrons. The normalized spacial score (nSPS) is 10.6. The van der Waals surface area contributed by atoms with Crippen LogP contribution >= 0.6 is 0 Å². The number of nitrogens with zero attached hydrogens (tertiary/aromatic N) is 2. The summed E-state index contributed by atoms with van der Waals surface area (Å²) < 4.78 is 12.5.